The molecule has 3 aromatic rings. The standard InChI is InChI=1S/C21H20FN5O2/c22-16-3-5-17(6-4-16)24-20(28)15-2-1-11-27(13-15)21(29)19-12-18(25-26-19)14-7-9-23-10-8-14/h3-10,12,15H,1-2,11,13H2,(H,24,28)(H,25,26)/t15-/m1/s1. The average molecular weight is 393 g/mol. The fraction of sp³-hybridized carbons (Fsp3) is 0.238. The van der Waals surface area contributed by atoms with Crippen LogP contribution in [0.2, 0.25) is 0 Å². The lowest BCUT2D eigenvalue weighted by Crippen LogP contribution is -2.43. The number of rotatable bonds is 4. The van der Waals surface area contributed by atoms with E-state index in [2.05, 4.69) is 20.5 Å². The lowest BCUT2D eigenvalue weighted by molar-refractivity contribution is -0.121. The minimum absolute atomic E-state index is 0.170. The van der Waals surface area contributed by atoms with Crippen LogP contribution < -0.4 is 5.32 Å². The number of amides is 2. The van der Waals surface area contributed by atoms with Crippen molar-refractivity contribution in [2.75, 3.05) is 18.4 Å². The molecule has 8 heteroatoms. The molecule has 29 heavy (non-hydrogen) atoms. The maximum Gasteiger partial charge on any atom is 0.271 e. The summed E-state index contributed by atoms with van der Waals surface area (Å²) in [6, 6.07) is 11.0. The highest BCUT2D eigenvalue weighted by Gasteiger charge is 2.29. The summed E-state index contributed by atoms with van der Waals surface area (Å²) < 4.78 is 13.0. The third-order valence-corrected chi connectivity index (χ3v) is 4.98. The molecule has 1 aromatic carbocycles. The molecule has 0 spiro atoms. The van der Waals surface area contributed by atoms with Gasteiger partial charge in [-0.3, -0.25) is 19.7 Å². The van der Waals surface area contributed by atoms with Gasteiger partial charge in [-0.25, -0.2) is 4.39 Å². The van der Waals surface area contributed by atoms with Crippen LogP contribution >= 0.6 is 0 Å². The molecule has 1 saturated heterocycles. The number of hydrogen-bond donors (Lipinski definition) is 2. The summed E-state index contributed by atoms with van der Waals surface area (Å²) in [4.78, 5) is 31.1. The van der Waals surface area contributed by atoms with Gasteiger partial charge < -0.3 is 10.2 Å². The van der Waals surface area contributed by atoms with Gasteiger partial charge in [0.05, 0.1) is 11.6 Å². The molecule has 0 aliphatic carbocycles. The lowest BCUT2D eigenvalue weighted by Gasteiger charge is -2.31. The average Bonchev–Trinajstić information content (AvgIpc) is 3.26. The maximum atomic E-state index is 13.0. The van der Waals surface area contributed by atoms with Crippen molar-refractivity contribution in [2.45, 2.75) is 12.8 Å². The zero-order valence-corrected chi connectivity index (χ0v) is 15.6. The molecule has 1 aliphatic rings. The van der Waals surface area contributed by atoms with E-state index in [0.29, 0.717) is 36.6 Å². The number of aromatic amines is 1. The van der Waals surface area contributed by atoms with E-state index in [0.717, 1.165) is 12.0 Å². The quantitative estimate of drug-likeness (QED) is 0.713. The number of carbonyl (C=O) groups is 2. The van der Waals surface area contributed by atoms with Gasteiger partial charge in [-0.2, -0.15) is 5.10 Å². The molecule has 0 unspecified atom stereocenters. The van der Waals surface area contributed by atoms with Gasteiger partial charge in [0.2, 0.25) is 5.91 Å². The third-order valence-electron chi connectivity index (χ3n) is 4.98. The number of nitrogens with one attached hydrogen (secondary N) is 2. The number of H-pyrrole nitrogens is 1. The fourth-order valence-corrected chi connectivity index (χ4v) is 3.43. The van der Waals surface area contributed by atoms with E-state index in [1.165, 1.54) is 24.3 Å². The summed E-state index contributed by atoms with van der Waals surface area (Å²) in [5.74, 6) is -1.03. The number of aromatic nitrogens is 3. The summed E-state index contributed by atoms with van der Waals surface area (Å²) in [6.45, 7) is 0.915. The number of nitrogens with zero attached hydrogens (tertiary/aromatic N) is 3. The second-order valence-electron chi connectivity index (χ2n) is 6.99. The summed E-state index contributed by atoms with van der Waals surface area (Å²) in [5, 5.41) is 9.80. The molecule has 1 atom stereocenters. The van der Waals surface area contributed by atoms with E-state index in [1.807, 2.05) is 12.1 Å². The van der Waals surface area contributed by atoms with E-state index in [9.17, 15) is 14.0 Å². The summed E-state index contributed by atoms with van der Waals surface area (Å²) >= 11 is 0. The number of likely N-dealkylation sites (tertiary alicyclic amines) is 1. The Morgan fingerprint density at radius 3 is 2.66 bits per heavy atom. The van der Waals surface area contributed by atoms with Crippen molar-refractivity contribution < 1.29 is 14.0 Å². The van der Waals surface area contributed by atoms with Gasteiger partial charge in [-0.15, -0.1) is 0 Å². The Hall–Kier alpha value is -3.55. The Morgan fingerprint density at radius 1 is 1.14 bits per heavy atom. The van der Waals surface area contributed by atoms with E-state index in [4.69, 9.17) is 0 Å². The van der Waals surface area contributed by atoms with Gasteiger partial charge in [0.15, 0.2) is 0 Å². The fourth-order valence-electron chi connectivity index (χ4n) is 3.43. The first-order chi connectivity index (χ1) is 14.1. The van der Waals surface area contributed by atoms with Crippen LogP contribution in [0.3, 0.4) is 0 Å². The summed E-state index contributed by atoms with van der Waals surface area (Å²) in [6.07, 6.45) is 4.77. The van der Waals surface area contributed by atoms with Crippen molar-refractivity contribution in [3.05, 3.63) is 66.4 Å². The molecular formula is C21H20FN5O2. The number of piperidine rings is 1. The van der Waals surface area contributed by atoms with Gasteiger partial charge in [0.1, 0.15) is 11.5 Å². The van der Waals surface area contributed by atoms with Crippen molar-refractivity contribution in [3.63, 3.8) is 0 Å². The number of hydrogen-bond acceptors (Lipinski definition) is 4. The van der Waals surface area contributed by atoms with Crippen LogP contribution in [-0.4, -0.2) is 45.0 Å². The molecule has 3 heterocycles. The van der Waals surface area contributed by atoms with Gasteiger partial charge >= 0.3 is 0 Å². The van der Waals surface area contributed by atoms with E-state index in [1.54, 1.807) is 23.4 Å². The molecule has 2 amide bonds. The summed E-state index contributed by atoms with van der Waals surface area (Å²) in [7, 11) is 0. The molecule has 0 radical (unpaired) electrons. The molecule has 2 aromatic heterocycles. The molecule has 0 saturated carbocycles. The molecule has 4 rings (SSSR count). The van der Waals surface area contributed by atoms with Gasteiger partial charge in [0, 0.05) is 36.7 Å². The minimum atomic E-state index is -0.358. The first-order valence-corrected chi connectivity index (χ1v) is 9.41. The number of anilines is 1. The van der Waals surface area contributed by atoms with Crippen LogP contribution in [0.4, 0.5) is 10.1 Å². The van der Waals surface area contributed by atoms with Crippen LogP contribution in [-0.2, 0) is 4.79 Å². The Bertz CT molecular complexity index is 1000. The molecule has 1 aliphatic heterocycles. The Balaban J connectivity index is 1.41. The van der Waals surface area contributed by atoms with E-state index >= 15 is 0 Å². The van der Waals surface area contributed by atoms with E-state index < -0.39 is 0 Å². The number of pyridine rings is 1. The Morgan fingerprint density at radius 2 is 1.90 bits per heavy atom. The van der Waals surface area contributed by atoms with Crippen LogP contribution in [0.25, 0.3) is 11.3 Å². The van der Waals surface area contributed by atoms with E-state index in [-0.39, 0.29) is 23.5 Å². The zero-order chi connectivity index (χ0) is 20.2. The van der Waals surface area contributed by atoms with Crippen molar-refractivity contribution >= 4 is 17.5 Å². The van der Waals surface area contributed by atoms with Crippen molar-refractivity contribution in [1.29, 1.82) is 0 Å². The topological polar surface area (TPSA) is 91.0 Å². The van der Waals surface area contributed by atoms with Gasteiger partial charge in [-0.1, -0.05) is 0 Å². The van der Waals surface area contributed by atoms with Gasteiger partial charge in [-0.05, 0) is 55.3 Å². The third kappa shape index (κ3) is 4.31. The first kappa shape index (κ1) is 18.8. The normalized spacial score (nSPS) is 16.4. The molecule has 0 bridgehead atoms. The molecule has 1 fully saturated rings. The first-order valence-electron chi connectivity index (χ1n) is 9.41. The highest BCUT2D eigenvalue weighted by Crippen LogP contribution is 2.22. The summed E-state index contributed by atoms with van der Waals surface area (Å²) in [5.41, 5.74) is 2.45. The Labute approximate surface area is 167 Å². The molecule has 7 nitrogen and oxygen atoms in total. The molecular weight excluding hydrogens is 373 g/mol. The molecule has 2 N–H and O–H groups in total. The SMILES string of the molecule is O=C(Nc1ccc(F)cc1)[C@@H]1CCCN(C(=O)c2cc(-c3ccncc3)n[nH]2)C1. The van der Waals surface area contributed by atoms with Crippen molar-refractivity contribution in [1.82, 2.24) is 20.1 Å². The maximum absolute atomic E-state index is 13.0. The van der Waals surface area contributed by atoms with Crippen molar-refractivity contribution in [2.24, 2.45) is 5.92 Å². The number of benzene rings is 1. The minimum Gasteiger partial charge on any atom is -0.337 e. The largest absolute Gasteiger partial charge is 0.337 e. The predicted octanol–water partition coefficient (Wildman–Crippen LogP) is 3.10. The second kappa shape index (κ2) is 8.22. The van der Waals surface area contributed by atoms with Crippen LogP contribution in [0.5, 0.6) is 0 Å². The smallest absolute Gasteiger partial charge is 0.271 e. The van der Waals surface area contributed by atoms with Crippen LogP contribution in [0, 0.1) is 11.7 Å². The highest BCUT2D eigenvalue weighted by atomic mass is 19.1. The molecule has 148 valence electrons. The monoisotopic (exact) mass is 393 g/mol. The lowest BCUT2D eigenvalue weighted by atomic mass is 9.96. The van der Waals surface area contributed by atoms with Gasteiger partial charge in [0.25, 0.3) is 5.91 Å². The zero-order valence-electron chi connectivity index (χ0n) is 15.6. The van der Waals surface area contributed by atoms with Crippen LogP contribution in [0.15, 0.2) is 54.9 Å². The number of carbonyl (C=O) groups excluding carboxylic acids is 2. The highest BCUT2D eigenvalue weighted by molar-refractivity contribution is 5.95. The van der Waals surface area contributed by atoms with Crippen molar-refractivity contribution in [3.8, 4) is 11.3 Å². The second-order valence-corrected chi connectivity index (χ2v) is 6.99. The number of halogens is 1. The predicted molar refractivity (Wildman–Crippen MR) is 105 cm³/mol. The Kier molecular flexibility index (Phi) is 5.33. The van der Waals surface area contributed by atoms with Crippen LogP contribution in [0.1, 0.15) is 23.3 Å².